The monoisotopic (exact) mass is 276 g/mol. The lowest BCUT2D eigenvalue weighted by molar-refractivity contribution is -0.204. The second kappa shape index (κ2) is 5.30. The Morgan fingerprint density at radius 3 is 2.25 bits per heavy atom. The summed E-state index contributed by atoms with van der Waals surface area (Å²) in [6.07, 6.45) is -5.58. The number of aliphatic hydroxyl groups excluding tert-OH is 3. The van der Waals surface area contributed by atoms with E-state index in [-0.39, 0.29) is 0 Å². The first-order valence-corrected chi connectivity index (χ1v) is 6.35. The van der Waals surface area contributed by atoms with Crippen LogP contribution in [0.4, 0.5) is 0 Å². The first-order valence-electron chi connectivity index (χ1n) is 4.30. The molecule has 5 N–H and O–H groups in total. The Kier molecular flexibility index (Phi) is 4.76. The molecule has 1 aliphatic rings. The molecule has 0 aliphatic carbocycles. The van der Waals surface area contributed by atoms with Crippen molar-refractivity contribution in [3.63, 3.8) is 0 Å². The second-order valence-electron chi connectivity index (χ2n) is 3.32. The van der Waals surface area contributed by atoms with Crippen LogP contribution in [0.1, 0.15) is 0 Å². The third-order valence-corrected chi connectivity index (χ3v) is 3.01. The molecular formula is C6H13O8PS. The number of hydrogen-bond donors (Lipinski definition) is 6. The maximum absolute atomic E-state index is 10.4. The van der Waals surface area contributed by atoms with Gasteiger partial charge in [0.2, 0.25) is 0 Å². The zero-order valence-corrected chi connectivity index (χ0v) is 9.74. The van der Waals surface area contributed by atoms with Gasteiger partial charge in [0.1, 0.15) is 29.9 Å². The highest BCUT2D eigenvalue weighted by atomic mass is 32.1. The fourth-order valence-corrected chi connectivity index (χ4v) is 1.91. The average molecular weight is 276 g/mol. The Morgan fingerprint density at radius 1 is 1.19 bits per heavy atom. The Bertz CT molecular complexity index is 282. The average Bonchev–Trinajstić information content (AvgIpc) is 2.17. The van der Waals surface area contributed by atoms with Gasteiger partial charge in [-0.1, -0.05) is 0 Å². The third-order valence-electron chi connectivity index (χ3n) is 2.09. The van der Waals surface area contributed by atoms with Crippen molar-refractivity contribution >= 4 is 20.5 Å². The van der Waals surface area contributed by atoms with Crippen molar-refractivity contribution in [2.75, 3.05) is 6.61 Å². The van der Waals surface area contributed by atoms with Crippen LogP contribution in [0.25, 0.3) is 0 Å². The summed E-state index contributed by atoms with van der Waals surface area (Å²) >= 11 is 3.79. The van der Waals surface area contributed by atoms with Crippen molar-refractivity contribution in [1.29, 1.82) is 0 Å². The van der Waals surface area contributed by atoms with E-state index >= 15 is 0 Å². The van der Waals surface area contributed by atoms with E-state index in [1.165, 1.54) is 0 Å². The maximum atomic E-state index is 10.4. The Morgan fingerprint density at radius 2 is 1.75 bits per heavy atom. The van der Waals surface area contributed by atoms with Gasteiger partial charge in [-0.2, -0.15) is 0 Å². The van der Waals surface area contributed by atoms with E-state index in [4.69, 9.17) is 14.5 Å². The Hall–Kier alpha value is 0.300. The van der Waals surface area contributed by atoms with Gasteiger partial charge in [-0.3, -0.25) is 4.52 Å². The first kappa shape index (κ1) is 14.4. The van der Waals surface area contributed by atoms with Crippen LogP contribution in [0, 0.1) is 0 Å². The van der Waals surface area contributed by atoms with Crippen molar-refractivity contribution in [2.24, 2.45) is 0 Å². The minimum absolute atomic E-state index is 0.619. The molecule has 0 aromatic carbocycles. The van der Waals surface area contributed by atoms with Crippen LogP contribution >= 0.6 is 20.5 Å². The van der Waals surface area contributed by atoms with Gasteiger partial charge >= 0.3 is 7.82 Å². The largest absolute Gasteiger partial charge is 0.469 e. The van der Waals surface area contributed by atoms with Crippen molar-refractivity contribution in [3.8, 4) is 0 Å². The number of phosphoric acid groups is 1. The molecule has 0 amide bonds. The van der Waals surface area contributed by atoms with Crippen LogP contribution in [0.15, 0.2) is 0 Å². The van der Waals surface area contributed by atoms with E-state index in [9.17, 15) is 19.9 Å². The van der Waals surface area contributed by atoms with Crippen LogP contribution in [-0.4, -0.2) is 61.6 Å². The van der Waals surface area contributed by atoms with Gasteiger partial charge in [-0.15, -0.1) is 12.6 Å². The van der Waals surface area contributed by atoms with Gasteiger partial charge in [0.15, 0.2) is 0 Å². The quantitative estimate of drug-likeness (QED) is 0.253. The topological polar surface area (TPSA) is 137 Å². The van der Waals surface area contributed by atoms with Crippen LogP contribution in [-0.2, 0) is 13.8 Å². The molecule has 0 spiro atoms. The van der Waals surface area contributed by atoms with Gasteiger partial charge in [-0.05, 0) is 0 Å². The number of thiol groups is 1. The van der Waals surface area contributed by atoms with Crippen molar-refractivity contribution < 1.29 is 38.9 Å². The van der Waals surface area contributed by atoms with E-state index in [0.717, 1.165) is 0 Å². The summed E-state index contributed by atoms with van der Waals surface area (Å²) in [6.45, 7) is -0.619. The van der Waals surface area contributed by atoms with Gasteiger partial charge in [0, 0.05) is 0 Å². The van der Waals surface area contributed by atoms with E-state index in [1.807, 2.05) is 0 Å². The molecule has 0 radical (unpaired) electrons. The van der Waals surface area contributed by atoms with Crippen molar-refractivity contribution in [3.05, 3.63) is 0 Å². The van der Waals surface area contributed by atoms with Crippen LogP contribution in [0.5, 0.6) is 0 Å². The first-order chi connectivity index (χ1) is 7.22. The van der Waals surface area contributed by atoms with Gasteiger partial charge in [-0.25, -0.2) is 4.57 Å². The van der Waals surface area contributed by atoms with E-state index in [0.29, 0.717) is 0 Å². The summed E-state index contributed by atoms with van der Waals surface area (Å²) in [5.74, 6) is 0. The minimum Gasteiger partial charge on any atom is -0.387 e. The number of phosphoric ester groups is 1. The molecule has 1 saturated heterocycles. The van der Waals surface area contributed by atoms with Crippen LogP contribution < -0.4 is 0 Å². The summed E-state index contributed by atoms with van der Waals surface area (Å²) in [6, 6.07) is 0. The normalized spacial score (nSPS) is 41.0. The smallest absolute Gasteiger partial charge is 0.387 e. The Balaban J connectivity index is 2.57. The SMILES string of the molecule is O=P(O)(O)OC[C@H]1OC(S)[C@@H](O)[C@@H](O)[C@@H]1O. The molecule has 1 fully saturated rings. The maximum Gasteiger partial charge on any atom is 0.469 e. The molecule has 16 heavy (non-hydrogen) atoms. The summed E-state index contributed by atoms with van der Waals surface area (Å²) in [5, 5.41) is 28.0. The Labute approximate surface area is 96.5 Å². The molecule has 0 aromatic heterocycles. The standard InChI is InChI=1S/C6H13O8PS/c7-3-2(1-13-15(10,11)12)14-6(16)5(9)4(3)8/h2-9,16H,1H2,(H2,10,11,12)/t2-,3-,4+,5+,6?/m1/s1. The van der Waals surface area contributed by atoms with E-state index in [2.05, 4.69) is 17.2 Å². The lowest BCUT2D eigenvalue weighted by atomic mass is 10.0. The molecule has 0 bridgehead atoms. The third kappa shape index (κ3) is 3.66. The van der Waals surface area contributed by atoms with Gasteiger partial charge in [0.05, 0.1) is 6.61 Å². The zero-order valence-electron chi connectivity index (χ0n) is 7.95. The lowest BCUT2D eigenvalue weighted by Crippen LogP contribution is -2.57. The number of aliphatic hydroxyl groups is 3. The van der Waals surface area contributed by atoms with Gasteiger partial charge in [0.25, 0.3) is 0 Å². The van der Waals surface area contributed by atoms with Crippen LogP contribution in [0.2, 0.25) is 0 Å². The zero-order chi connectivity index (χ0) is 12.5. The number of rotatable bonds is 3. The summed E-state index contributed by atoms with van der Waals surface area (Å²) in [7, 11) is -4.67. The molecule has 96 valence electrons. The number of hydrogen-bond acceptors (Lipinski definition) is 7. The molecule has 1 aliphatic heterocycles. The lowest BCUT2D eigenvalue weighted by Gasteiger charge is -2.38. The van der Waals surface area contributed by atoms with Crippen molar-refractivity contribution in [1.82, 2.24) is 0 Å². The molecule has 10 heteroatoms. The molecule has 1 heterocycles. The molecular weight excluding hydrogens is 263 g/mol. The summed E-state index contributed by atoms with van der Waals surface area (Å²) < 4.78 is 19.5. The van der Waals surface area contributed by atoms with E-state index < -0.39 is 44.3 Å². The molecule has 5 atom stereocenters. The predicted molar refractivity (Wildman–Crippen MR) is 53.7 cm³/mol. The number of ether oxygens (including phenoxy) is 1. The summed E-state index contributed by atoms with van der Waals surface area (Å²) in [4.78, 5) is 16.9. The highest BCUT2D eigenvalue weighted by molar-refractivity contribution is 7.80. The fraction of sp³-hybridized carbons (Fsp3) is 1.00. The molecule has 0 aromatic rings. The highest BCUT2D eigenvalue weighted by Crippen LogP contribution is 2.37. The molecule has 1 rings (SSSR count). The molecule has 8 nitrogen and oxygen atoms in total. The second-order valence-corrected chi connectivity index (χ2v) is 5.07. The predicted octanol–water partition coefficient (Wildman–Crippen LogP) is -2.17. The van der Waals surface area contributed by atoms with Gasteiger partial charge < -0.3 is 29.8 Å². The van der Waals surface area contributed by atoms with E-state index in [1.54, 1.807) is 0 Å². The van der Waals surface area contributed by atoms with Crippen molar-refractivity contribution in [2.45, 2.75) is 29.9 Å². The molecule has 1 unspecified atom stereocenters. The van der Waals surface area contributed by atoms with Crippen LogP contribution in [0.3, 0.4) is 0 Å². The molecule has 0 saturated carbocycles. The minimum atomic E-state index is -4.67. The fourth-order valence-electron chi connectivity index (χ4n) is 1.24. The highest BCUT2D eigenvalue weighted by Gasteiger charge is 2.42. The summed E-state index contributed by atoms with van der Waals surface area (Å²) in [5.41, 5.74) is -1.07.